The number of benzene rings is 2. The van der Waals surface area contributed by atoms with E-state index in [0.29, 0.717) is 21.4 Å². The Morgan fingerprint density at radius 1 is 1.15 bits per heavy atom. The maximum atomic E-state index is 12.2. The highest BCUT2D eigenvalue weighted by Gasteiger charge is 2.11. The molecule has 0 atom stereocenters. The van der Waals surface area contributed by atoms with Crippen molar-refractivity contribution in [3.63, 3.8) is 0 Å². The second-order valence-electron chi connectivity index (χ2n) is 5.56. The Labute approximate surface area is 170 Å². The summed E-state index contributed by atoms with van der Waals surface area (Å²) in [5.74, 6) is -0.431. The first-order valence-electron chi connectivity index (χ1n) is 7.99. The van der Waals surface area contributed by atoms with E-state index in [0.717, 1.165) is 10.6 Å². The number of amides is 2. The lowest BCUT2D eigenvalue weighted by Crippen LogP contribution is -2.15. The number of nitrogens with zero attached hydrogens (tertiary/aromatic N) is 1. The fraction of sp³-hybridized carbons (Fsp3) is 0.105. The average molecular weight is 418 g/mol. The summed E-state index contributed by atoms with van der Waals surface area (Å²) in [5.41, 5.74) is 1.84. The van der Waals surface area contributed by atoms with Gasteiger partial charge in [-0.05, 0) is 48.7 Å². The summed E-state index contributed by atoms with van der Waals surface area (Å²) < 4.78 is 0. The van der Waals surface area contributed by atoms with Crippen LogP contribution in [0.1, 0.15) is 16.1 Å². The SMILES string of the molecule is CSc1cccc(NC(=O)Cc2csc(NC(=O)c3ccc(Cl)cc3)n2)c1. The lowest BCUT2D eigenvalue weighted by molar-refractivity contribution is -0.115. The van der Waals surface area contributed by atoms with Gasteiger partial charge in [0.15, 0.2) is 5.13 Å². The minimum Gasteiger partial charge on any atom is -0.326 e. The number of thioether (sulfide) groups is 1. The van der Waals surface area contributed by atoms with Crippen LogP contribution >= 0.6 is 34.7 Å². The summed E-state index contributed by atoms with van der Waals surface area (Å²) in [6.45, 7) is 0. The number of aromatic nitrogens is 1. The maximum absolute atomic E-state index is 12.2. The largest absolute Gasteiger partial charge is 0.326 e. The summed E-state index contributed by atoms with van der Waals surface area (Å²) in [4.78, 5) is 29.8. The molecule has 8 heteroatoms. The molecule has 0 bridgehead atoms. The van der Waals surface area contributed by atoms with Gasteiger partial charge in [0.05, 0.1) is 12.1 Å². The molecule has 0 unspecified atom stereocenters. The van der Waals surface area contributed by atoms with Crippen molar-refractivity contribution >= 4 is 57.3 Å². The van der Waals surface area contributed by atoms with E-state index in [2.05, 4.69) is 15.6 Å². The molecule has 0 saturated carbocycles. The van der Waals surface area contributed by atoms with E-state index in [1.165, 1.54) is 11.3 Å². The number of carbonyl (C=O) groups is 2. The van der Waals surface area contributed by atoms with Gasteiger partial charge in [-0.25, -0.2) is 4.98 Å². The van der Waals surface area contributed by atoms with Crippen LogP contribution in [0.15, 0.2) is 58.8 Å². The highest BCUT2D eigenvalue weighted by atomic mass is 35.5. The first-order valence-corrected chi connectivity index (χ1v) is 10.5. The molecule has 0 radical (unpaired) electrons. The van der Waals surface area contributed by atoms with Crippen LogP contribution in [-0.4, -0.2) is 23.1 Å². The van der Waals surface area contributed by atoms with Crippen molar-refractivity contribution in [2.75, 3.05) is 16.9 Å². The zero-order chi connectivity index (χ0) is 19.2. The van der Waals surface area contributed by atoms with Crippen LogP contribution in [0.2, 0.25) is 5.02 Å². The molecule has 2 N–H and O–H groups in total. The molecule has 2 amide bonds. The highest BCUT2D eigenvalue weighted by molar-refractivity contribution is 7.98. The maximum Gasteiger partial charge on any atom is 0.257 e. The number of carbonyl (C=O) groups excluding carboxylic acids is 2. The lowest BCUT2D eigenvalue weighted by Gasteiger charge is -2.05. The Bertz CT molecular complexity index is 958. The van der Waals surface area contributed by atoms with Gasteiger partial charge >= 0.3 is 0 Å². The third-order valence-corrected chi connectivity index (χ3v) is 5.36. The Kier molecular flexibility index (Phi) is 6.49. The van der Waals surface area contributed by atoms with Crippen LogP contribution in [0.25, 0.3) is 0 Å². The van der Waals surface area contributed by atoms with Crippen molar-refractivity contribution in [1.29, 1.82) is 0 Å². The van der Waals surface area contributed by atoms with E-state index in [1.807, 2.05) is 30.5 Å². The third-order valence-electron chi connectivity index (χ3n) is 3.57. The van der Waals surface area contributed by atoms with E-state index < -0.39 is 0 Å². The summed E-state index contributed by atoms with van der Waals surface area (Å²) in [5, 5.41) is 8.36. The first-order chi connectivity index (χ1) is 13.0. The smallest absolute Gasteiger partial charge is 0.257 e. The molecule has 3 rings (SSSR count). The van der Waals surface area contributed by atoms with Gasteiger partial charge in [-0.3, -0.25) is 14.9 Å². The fourth-order valence-electron chi connectivity index (χ4n) is 2.29. The van der Waals surface area contributed by atoms with Gasteiger partial charge in [0.2, 0.25) is 5.91 Å². The molecule has 0 aliphatic carbocycles. The monoisotopic (exact) mass is 417 g/mol. The number of nitrogens with one attached hydrogen (secondary N) is 2. The summed E-state index contributed by atoms with van der Waals surface area (Å²) in [6.07, 6.45) is 2.12. The van der Waals surface area contributed by atoms with Crippen LogP contribution in [0.4, 0.5) is 10.8 Å². The molecule has 27 heavy (non-hydrogen) atoms. The molecule has 2 aromatic carbocycles. The van der Waals surface area contributed by atoms with Gasteiger partial charge in [0, 0.05) is 26.5 Å². The molecule has 0 aliphatic heterocycles. The second-order valence-corrected chi connectivity index (χ2v) is 7.74. The van der Waals surface area contributed by atoms with E-state index >= 15 is 0 Å². The molecular formula is C19H16ClN3O2S2. The second kappa shape index (κ2) is 9.03. The molecule has 0 spiro atoms. The predicted molar refractivity (Wildman–Crippen MR) is 112 cm³/mol. The Morgan fingerprint density at radius 2 is 1.93 bits per heavy atom. The minimum atomic E-state index is -0.272. The Balaban J connectivity index is 1.57. The topological polar surface area (TPSA) is 71.1 Å². The molecule has 0 saturated heterocycles. The third kappa shape index (κ3) is 5.56. The Hall–Kier alpha value is -2.35. The van der Waals surface area contributed by atoms with E-state index in [-0.39, 0.29) is 18.2 Å². The van der Waals surface area contributed by atoms with Gasteiger partial charge in [-0.15, -0.1) is 23.1 Å². The van der Waals surface area contributed by atoms with Crippen molar-refractivity contribution in [3.05, 3.63) is 70.2 Å². The minimum absolute atomic E-state index is 0.136. The molecule has 0 aliphatic rings. The van der Waals surface area contributed by atoms with Crippen LogP contribution in [0.3, 0.4) is 0 Å². The van der Waals surface area contributed by atoms with Crippen LogP contribution in [0.5, 0.6) is 0 Å². The first kappa shape index (κ1) is 19.4. The molecule has 5 nitrogen and oxygen atoms in total. The number of halogens is 1. The van der Waals surface area contributed by atoms with Gasteiger partial charge in [-0.2, -0.15) is 0 Å². The van der Waals surface area contributed by atoms with Crippen LogP contribution in [0, 0.1) is 0 Å². The van der Waals surface area contributed by atoms with Gasteiger partial charge in [0.1, 0.15) is 0 Å². The standard InChI is InChI=1S/C19H16ClN3O2S2/c1-26-16-4-2-3-14(9-16)21-17(24)10-15-11-27-19(22-15)23-18(25)12-5-7-13(20)8-6-12/h2-9,11H,10H2,1H3,(H,21,24)(H,22,23,25). The van der Waals surface area contributed by atoms with Crippen molar-refractivity contribution in [2.24, 2.45) is 0 Å². The molecule has 138 valence electrons. The number of hydrogen-bond acceptors (Lipinski definition) is 5. The van der Waals surface area contributed by atoms with Crippen LogP contribution in [-0.2, 0) is 11.2 Å². The number of thiazole rings is 1. The molecule has 3 aromatic rings. The summed E-state index contributed by atoms with van der Waals surface area (Å²) in [6, 6.07) is 14.2. The number of anilines is 2. The van der Waals surface area contributed by atoms with Crippen molar-refractivity contribution in [1.82, 2.24) is 4.98 Å². The zero-order valence-corrected chi connectivity index (χ0v) is 16.8. The molecule has 1 aromatic heterocycles. The van der Waals surface area contributed by atoms with Gasteiger partial charge in [-0.1, -0.05) is 17.7 Å². The van der Waals surface area contributed by atoms with Gasteiger partial charge in [0.25, 0.3) is 5.91 Å². The molecular weight excluding hydrogens is 402 g/mol. The lowest BCUT2D eigenvalue weighted by atomic mass is 10.2. The fourth-order valence-corrected chi connectivity index (χ4v) is 3.58. The highest BCUT2D eigenvalue weighted by Crippen LogP contribution is 2.20. The zero-order valence-electron chi connectivity index (χ0n) is 14.4. The summed E-state index contributed by atoms with van der Waals surface area (Å²) >= 11 is 8.71. The number of hydrogen-bond donors (Lipinski definition) is 2. The van der Waals surface area contributed by atoms with Gasteiger partial charge < -0.3 is 5.32 Å². The van der Waals surface area contributed by atoms with Crippen LogP contribution < -0.4 is 10.6 Å². The van der Waals surface area contributed by atoms with Crippen molar-refractivity contribution in [2.45, 2.75) is 11.3 Å². The summed E-state index contributed by atoms with van der Waals surface area (Å²) in [7, 11) is 0. The molecule has 0 fully saturated rings. The normalized spacial score (nSPS) is 10.4. The van der Waals surface area contributed by atoms with Crippen molar-refractivity contribution < 1.29 is 9.59 Å². The quantitative estimate of drug-likeness (QED) is 0.556. The van der Waals surface area contributed by atoms with Crippen molar-refractivity contribution in [3.8, 4) is 0 Å². The number of rotatable bonds is 6. The van der Waals surface area contributed by atoms with E-state index in [1.54, 1.807) is 41.4 Å². The van der Waals surface area contributed by atoms with E-state index in [9.17, 15) is 9.59 Å². The Morgan fingerprint density at radius 3 is 2.67 bits per heavy atom. The van der Waals surface area contributed by atoms with E-state index in [4.69, 9.17) is 11.6 Å². The predicted octanol–water partition coefficient (Wildman–Crippen LogP) is 4.95. The molecule has 1 heterocycles. The average Bonchev–Trinajstić information content (AvgIpc) is 3.08.